The predicted molar refractivity (Wildman–Crippen MR) is 122 cm³/mol. The lowest BCUT2D eigenvalue weighted by Gasteiger charge is -2.23. The fourth-order valence-corrected chi connectivity index (χ4v) is 4.34. The molecule has 0 spiro atoms. The van der Waals surface area contributed by atoms with Gasteiger partial charge in [0.05, 0.1) is 31.5 Å². The number of thioether (sulfide) groups is 1. The average Bonchev–Trinajstić information content (AvgIpc) is 3.27. The highest BCUT2D eigenvalue weighted by atomic mass is 35.5. The molecule has 0 saturated heterocycles. The summed E-state index contributed by atoms with van der Waals surface area (Å²) in [5, 5.41) is 24.8. The number of hydrogen-bond donors (Lipinski definition) is 1. The molecule has 0 aliphatic rings. The number of aromatic nitrogens is 2. The number of halogens is 4. The van der Waals surface area contributed by atoms with Crippen molar-refractivity contribution in [3.63, 3.8) is 0 Å². The van der Waals surface area contributed by atoms with E-state index in [1.807, 2.05) is 6.92 Å². The summed E-state index contributed by atoms with van der Waals surface area (Å²) < 4.78 is 52.9. The Morgan fingerprint density at radius 2 is 1.91 bits per heavy atom. The van der Waals surface area contributed by atoms with Crippen LogP contribution in [0, 0.1) is 28.8 Å². The van der Waals surface area contributed by atoms with Gasteiger partial charge in [-0.15, -0.1) is 0 Å². The molecule has 180 valence electrons. The Morgan fingerprint density at radius 3 is 2.59 bits per heavy atom. The van der Waals surface area contributed by atoms with Crippen LogP contribution in [0.5, 0.6) is 0 Å². The van der Waals surface area contributed by atoms with Gasteiger partial charge in [0, 0.05) is 28.3 Å². The van der Waals surface area contributed by atoms with Crippen molar-refractivity contribution < 1.29 is 27.8 Å². The van der Waals surface area contributed by atoms with Gasteiger partial charge in [0.25, 0.3) is 0 Å². The van der Waals surface area contributed by atoms with E-state index >= 15 is 0 Å². The fourth-order valence-electron chi connectivity index (χ4n) is 3.01. The topological polar surface area (TPSA) is 80.3 Å². The van der Waals surface area contributed by atoms with Gasteiger partial charge in [0.15, 0.2) is 17.5 Å². The van der Waals surface area contributed by atoms with Crippen molar-refractivity contribution in [3.05, 3.63) is 70.8 Å². The van der Waals surface area contributed by atoms with Gasteiger partial charge in [-0.2, -0.15) is 10.4 Å². The summed E-state index contributed by atoms with van der Waals surface area (Å²) in [7, 11) is 0. The maximum Gasteiger partial charge on any atom is 0.194 e. The molecule has 34 heavy (non-hydrogen) atoms. The molecule has 1 unspecified atom stereocenters. The summed E-state index contributed by atoms with van der Waals surface area (Å²) >= 11 is 7.20. The van der Waals surface area contributed by atoms with E-state index in [2.05, 4.69) is 11.2 Å². The van der Waals surface area contributed by atoms with Crippen molar-refractivity contribution >= 4 is 23.4 Å². The average molecular weight is 512 g/mol. The van der Waals surface area contributed by atoms with Crippen LogP contribution in [0.15, 0.2) is 47.6 Å². The summed E-state index contributed by atoms with van der Waals surface area (Å²) in [5.41, 5.74) is 0.0165. The summed E-state index contributed by atoms with van der Waals surface area (Å²) in [6, 6.07) is 8.60. The normalized spacial score (nSPS) is 13.0. The standard InChI is InChI=1S/C23H21ClF3N3O3S/c1-2-32-5-6-33-23(34-21-9-17(24)4-3-14(21)10-28)20(31)13-30-12-16(11-29-30)15-7-18(25)22(27)19(26)8-15/h3-4,7-9,11-12,20,23,31H,2,5-6,13H2,1H3/t20-,23?/m0/s1. The van der Waals surface area contributed by atoms with Crippen LogP contribution in [-0.4, -0.2) is 46.2 Å². The van der Waals surface area contributed by atoms with Crippen LogP contribution in [-0.2, 0) is 16.0 Å². The molecular formula is C23H21ClF3N3O3S. The number of aliphatic hydroxyl groups excluding tert-OH is 1. The Hall–Kier alpha value is -2.55. The SMILES string of the molecule is CCOCCOC(Sc1cc(Cl)ccc1C#N)[C@@H](O)Cn1cc(-c2cc(F)c(F)c(F)c2)cn1. The Bertz CT molecular complexity index is 1150. The molecular weight excluding hydrogens is 491 g/mol. The summed E-state index contributed by atoms with van der Waals surface area (Å²) in [6.07, 6.45) is 1.73. The first kappa shape index (κ1) is 26.1. The van der Waals surface area contributed by atoms with Gasteiger partial charge in [-0.3, -0.25) is 4.68 Å². The maximum absolute atomic E-state index is 13.6. The molecule has 0 radical (unpaired) electrons. The van der Waals surface area contributed by atoms with E-state index in [9.17, 15) is 23.5 Å². The van der Waals surface area contributed by atoms with Gasteiger partial charge in [-0.25, -0.2) is 13.2 Å². The third kappa shape index (κ3) is 6.74. The van der Waals surface area contributed by atoms with Crippen LogP contribution in [0.3, 0.4) is 0 Å². The molecule has 2 aromatic carbocycles. The minimum atomic E-state index is -1.55. The van der Waals surface area contributed by atoms with Gasteiger partial charge in [-0.1, -0.05) is 23.4 Å². The van der Waals surface area contributed by atoms with Crippen LogP contribution in [0.4, 0.5) is 13.2 Å². The van der Waals surface area contributed by atoms with Crippen molar-refractivity contribution in [3.8, 4) is 17.2 Å². The summed E-state index contributed by atoms with van der Waals surface area (Å²) in [6.45, 7) is 2.84. The first-order valence-electron chi connectivity index (χ1n) is 10.2. The lowest BCUT2D eigenvalue weighted by Crippen LogP contribution is -2.31. The van der Waals surface area contributed by atoms with Crippen molar-refractivity contribution in [2.24, 2.45) is 0 Å². The Morgan fingerprint density at radius 1 is 1.18 bits per heavy atom. The van der Waals surface area contributed by atoms with E-state index in [1.165, 1.54) is 17.1 Å². The quantitative estimate of drug-likeness (QED) is 0.168. The van der Waals surface area contributed by atoms with E-state index in [1.54, 1.807) is 18.2 Å². The molecule has 1 N–H and O–H groups in total. The second kappa shape index (κ2) is 12.2. The third-order valence-electron chi connectivity index (χ3n) is 4.66. The Balaban J connectivity index is 1.77. The highest BCUT2D eigenvalue weighted by Crippen LogP contribution is 2.32. The molecule has 0 saturated carbocycles. The van der Waals surface area contributed by atoms with Gasteiger partial charge in [-0.05, 0) is 42.8 Å². The van der Waals surface area contributed by atoms with Gasteiger partial charge < -0.3 is 14.6 Å². The lowest BCUT2D eigenvalue weighted by atomic mass is 10.1. The third-order valence-corrected chi connectivity index (χ3v) is 6.17. The maximum atomic E-state index is 13.6. The molecule has 1 aromatic heterocycles. The number of aliphatic hydroxyl groups is 1. The Kier molecular flexibility index (Phi) is 9.38. The second-order valence-corrected chi connectivity index (χ2v) is 8.66. The predicted octanol–water partition coefficient (Wildman–Crippen LogP) is 5.02. The molecule has 0 bridgehead atoms. The molecule has 0 aliphatic heterocycles. The van der Waals surface area contributed by atoms with Crippen molar-refractivity contribution in [1.82, 2.24) is 9.78 Å². The van der Waals surface area contributed by atoms with Crippen LogP contribution in [0.25, 0.3) is 11.1 Å². The molecule has 11 heteroatoms. The molecule has 2 atom stereocenters. The second-order valence-electron chi connectivity index (χ2n) is 7.08. The van der Waals surface area contributed by atoms with E-state index in [-0.39, 0.29) is 18.7 Å². The number of ether oxygens (including phenoxy) is 2. The van der Waals surface area contributed by atoms with Crippen LogP contribution in [0.2, 0.25) is 5.02 Å². The molecule has 1 heterocycles. The van der Waals surface area contributed by atoms with E-state index in [4.69, 9.17) is 21.1 Å². The zero-order valence-electron chi connectivity index (χ0n) is 18.1. The lowest BCUT2D eigenvalue weighted by molar-refractivity contribution is -0.0182. The molecule has 3 rings (SSSR count). The van der Waals surface area contributed by atoms with Crippen LogP contribution < -0.4 is 0 Å². The van der Waals surface area contributed by atoms with Crippen molar-refractivity contribution in [2.45, 2.75) is 29.9 Å². The zero-order chi connectivity index (χ0) is 24.7. The van der Waals surface area contributed by atoms with E-state index < -0.39 is 29.0 Å². The number of nitriles is 1. The zero-order valence-corrected chi connectivity index (χ0v) is 19.6. The summed E-state index contributed by atoms with van der Waals surface area (Å²) in [5.74, 6) is -4.16. The molecule has 3 aromatic rings. The fraction of sp³-hybridized carbons (Fsp3) is 0.304. The number of rotatable bonds is 11. The number of benzene rings is 2. The summed E-state index contributed by atoms with van der Waals surface area (Å²) in [4.78, 5) is 0.536. The molecule has 6 nitrogen and oxygen atoms in total. The molecule has 0 amide bonds. The van der Waals surface area contributed by atoms with Crippen LogP contribution >= 0.6 is 23.4 Å². The van der Waals surface area contributed by atoms with Crippen molar-refractivity contribution in [2.75, 3.05) is 19.8 Å². The van der Waals surface area contributed by atoms with Crippen LogP contribution in [0.1, 0.15) is 12.5 Å². The number of nitrogens with zero attached hydrogens (tertiary/aromatic N) is 3. The minimum absolute atomic E-state index is 0.0269. The monoisotopic (exact) mass is 511 g/mol. The highest BCUT2D eigenvalue weighted by molar-refractivity contribution is 7.99. The number of hydrogen-bond acceptors (Lipinski definition) is 6. The first-order valence-corrected chi connectivity index (χ1v) is 11.5. The van der Waals surface area contributed by atoms with Gasteiger partial charge in [0.1, 0.15) is 17.6 Å². The van der Waals surface area contributed by atoms with Gasteiger partial charge in [0.2, 0.25) is 0 Å². The Labute approximate surface area is 203 Å². The highest BCUT2D eigenvalue weighted by Gasteiger charge is 2.24. The molecule has 0 fully saturated rings. The van der Waals surface area contributed by atoms with E-state index in [0.29, 0.717) is 34.3 Å². The smallest absolute Gasteiger partial charge is 0.194 e. The first-order chi connectivity index (χ1) is 16.3. The largest absolute Gasteiger partial charge is 0.388 e. The van der Waals surface area contributed by atoms with Crippen molar-refractivity contribution in [1.29, 1.82) is 5.26 Å². The van der Waals surface area contributed by atoms with Gasteiger partial charge >= 0.3 is 0 Å². The molecule has 0 aliphatic carbocycles. The minimum Gasteiger partial charge on any atom is -0.388 e. The van der Waals surface area contributed by atoms with E-state index in [0.717, 1.165) is 23.9 Å².